The highest BCUT2D eigenvalue weighted by Crippen LogP contribution is 2.30. The van der Waals surface area contributed by atoms with Crippen LogP contribution in [0.2, 0.25) is 0 Å². The van der Waals surface area contributed by atoms with Crippen molar-refractivity contribution in [2.75, 3.05) is 13.6 Å². The van der Waals surface area contributed by atoms with Crippen LogP contribution in [0.3, 0.4) is 0 Å². The van der Waals surface area contributed by atoms with Gasteiger partial charge in [-0.1, -0.05) is 18.2 Å². The molecule has 0 aliphatic carbocycles. The number of alkyl halides is 3. The lowest BCUT2D eigenvalue weighted by atomic mass is 10.0. The predicted octanol–water partition coefficient (Wildman–Crippen LogP) is 3.64. The second kappa shape index (κ2) is 5.87. The highest BCUT2D eigenvalue weighted by molar-refractivity contribution is 5.54. The van der Waals surface area contributed by atoms with Crippen LogP contribution in [0, 0.1) is 6.92 Å². The molecule has 1 N–H and O–H groups in total. The molecule has 1 nitrogen and oxygen atoms in total. The maximum atomic E-state index is 12.4. The van der Waals surface area contributed by atoms with Gasteiger partial charge in [-0.05, 0) is 50.2 Å². The van der Waals surface area contributed by atoms with Crippen molar-refractivity contribution in [1.29, 1.82) is 0 Å². The number of benzene rings is 1. The highest BCUT2D eigenvalue weighted by atomic mass is 19.4. The van der Waals surface area contributed by atoms with Crippen LogP contribution in [-0.4, -0.2) is 13.6 Å². The molecule has 0 amide bonds. The summed E-state index contributed by atoms with van der Waals surface area (Å²) in [6, 6.07) is 3.80. The van der Waals surface area contributed by atoms with Gasteiger partial charge in [-0.25, -0.2) is 0 Å². The molecule has 4 heteroatoms. The third-order valence-electron chi connectivity index (χ3n) is 2.46. The molecule has 0 bridgehead atoms. The maximum absolute atomic E-state index is 12.4. The van der Waals surface area contributed by atoms with Crippen molar-refractivity contribution in [3.8, 4) is 0 Å². The van der Waals surface area contributed by atoms with Crippen LogP contribution in [0.4, 0.5) is 13.2 Å². The minimum absolute atomic E-state index is 0.595. The Hall–Kier alpha value is -1.29. The summed E-state index contributed by atoms with van der Waals surface area (Å²) in [5, 5.41) is 3.00. The monoisotopic (exact) mass is 243 g/mol. The molecule has 0 unspecified atom stereocenters. The van der Waals surface area contributed by atoms with Gasteiger partial charge in [-0.15, -0.1) is 0 Å². The van der Waals surface area contributed by atoms with Gasteiger partial charge in [0.05, 0.1) is 5.56 Å². The molecule has 17 heavy (non-hydrogen) atoms. The van der Waals surface area contributed by atoms with E-state index >= 15 is 0 Å². The Kier molecular flexibility index (Phi) is 4.75. The zero-order valence-electron chi connectivity index (χ0n) is 9.93. The minimum atomic E-state index is -4.26. The zero-order chi connectivity index (χ0) is 12.9. The molecule has 1 rings (SSSR count). The first-order chi connectivity index (χ1) is 7.95. The molecular weight excluding hydrogens is 227 g/mol. The first kappa shape index (κ1) is 13.8. The second-order valence-electron chi connectivity index (χ2n) is 3.86. The smallest absolute Gasteiger partial charge is 0.319 e. The summed E-state index contributed by atoms with van der Waals surface area (Å²) in [4.78, 5) is 0. The Labute approximate surface area is 99.3 Å². The SMILES string of the molecule is CNCCC=Cc1ccc(C(F)(F)F)cc1C. The summed E-state index contributed by atoms with van der Waals surface area (Å²) in [7, 11) is 1.86. The Bertz CT molecular complexity index is 394. The molecule has 1 aromatic carbocycles. The van der Waals surface area contributed by atoms with Gasteiger partial charge >= 0.3 is 6.18 Å². The largest absolute Gasteiger partial charge is 0.416 e. The lowest BCUT2D eigenvalue weighted by Crippen LogP contribution is -2.06. The van der Waals surface area contributed by atoms with Crippen LogP contribution in [0.15, 0.2) is 24.3 Å². The van der Waals surface area contributed by atoms with E-state index in [1.54, 1.807) is 6.92 Å². The summed E-state index contributed by atoms with van der Waals surface area (Å²) in [6.07, 6.45) is 0.398. The molecule has 0 aliphatic heterocycles. The van der Waals surface area contributed by atoms with Gasteiger partial charge < -0.3 is 5.32 Å². The van der Waals surface area contributed by atoms with Gasteiger partial charge in [0.25, 0.3) is 0 Å². The van der Waals surface area contributed by atoms with Gasteiger partial charge in [-0.2, -0.15) is 13.2 Å². The minimum Gasteiger partial charge on any atom is -0.319 e. The van der Waals surface area contributed by atoms with Crippen LogP contribution in [0.1, 0.15) is 23.1 Å². The van der Waals surface area contributed by atoms with E-state index in [2.05, 4.69) is 5.32 Å². The quantitative estimate of drug-likeness (QED) is 0.796. The van der Waals surface area contributed by atoms with Gasteiger partial charge in [-0.3, -0.25) is 0 Å². The molecule has 0 radical (unpaired) electrons. The lowest BCUT2D eigenvalue weighted by molar-refractivity contribution is -0.137. The number of aryl methyl sites for hydroxylation is 1. The van der Waals surface area contributed by atoms with Crippen LogP contribution < -0.4 is 5.32 Å². The molecule has 94 valence electrons. The first-order valence-electron chi connectivity index (χ1n) is 5.44. The fourth-order valence-corrected chi connectivity index (χ4v) is 1.48. The van der Waals surface area contributed by atoms with Crippen LogP contribution in [-0.2, 0) is 6.18 Å². The van der Waals surface area contributed by atoms with E-state index in [0.29, 0.717) is 5.56 Å². The van der Waals surface area contributed by atoms with Gasteiger partial charge in [0, 0.05) is 0 Å². The summed E-state index contributed by atoms with van der Waals surface area (Å²) < 4.78 is 37.3. The van der Waals surface area contributed by atoms with Crippen LogP contribution >= 0.6 is 0 Å². The van der Waals surface area contributed by atoms with Gasteiger partial charge in [0.15, 0.2) is 0 Å². The van der Waals surface area contributed by atoms with Crippen LogP contribution in [0.5, 0.6) is 0 Å². The van der Waals surface area contributed by atoms with Gasteiger partial charge in [0.1, 0.15) is 0 Å². The Morgan fingerprint density at radius 1 is 1.29 bits per heavy atom. The number of hydrogen-bond donors (Lipinski definition) is 1. The highest BCUT2D eigenvalue weighted by Gasteiger charge is 2.30. The van der Waals surface area contributed by atoms with E-state index in [1.165, 1.54) is 12.1 Å². The van der Waals surface area contributed by atoms with Crippen molar-refractivity contribution in [3.05, 3.63) is 41.0 Å². The summed E-state index contributed by atoms with van der Waals surface area (Å²) in [6.45, 7) is 2.54. The number of halogens is 3. The first-order valence-corrected chi connectivity index (χ1v) is 5.44. The fraction of sp³-hybridized carbons (Fsp3) is 0.385. The molecule has 0 saturated heterocycles. The summed E-state index contributed by atoms with van der Waals surface area (Å²) >= 11 is 0. The fourth-order valence-electron chi connectivity index (χ4n) is 1.48. The lowest BCUT2D eigenvalue weighted by Gasteiger charge is -2.08. The second-order valence-corrected chi connectivity index (χ2v) is 3.86. The predicted molar refractivity (Wildman–Crippen MR) is 63.8 cm³/mol. The van der Waals surface area contributed by atoms with E-state index in [-0.39, 0.29) is 0 Å². The summed E-state index contributed by atoms with van der Waals surface area (Å²) in [5.74, 6) is 0. The Balaban J connectivity index is 2.80. The number of nitrogens with one attached hydrogen (secondary N) is 1. The van der Waals surface area contributed by atoms with Crippen molar-refractivity contribution < 1.29 is 13.2 Å². The number of rotatable bonds is 4. The van der Waals surface area contributed by atoms with E-state index in [9.17, 15) is 13.2 Å². The molecule has 0 aliphatic rings. The summed E-state index contributed by atoms with van der Waals surface area (Å²) in [5.41, 5.74) is 0.872. The third-order valence-corrected chi connectivity index (χ3v) is 2.46. The molecule has 0 spiro atoms. The number of hydrogen-bond acceptors (Lipinski definition) is 1. The van der Waals surface area contributed by atoms with Gasteiger partial charge in [0.2, 0.25) is 0 Å². The average Bonchev–Trinajstić information content (AvgIpc) is 2.24. The molecule has 1 aromatic rings. The normalized spacial score (nSPS) is 12.3. The van der Waals surface area contributed by atoms with E-state index in [1.807, 2.05) is 19.2 Å². The molecule has 0 saturated carbocycles. The Morgan fingerprint density at radius 3 is 2.53 bits per heavy atom. The van der Waals surface area contributed by atoms with Crippen LogP contribution in [0.25, 0.3) is 6.08 Å². The molecule has 0 heterocycles. The van der Waals surface area contributed by atoms with Crippen molar-refractivity contribution in [3.63, 3.8) is 0 Å². The van der Waals surface area contributed by atoms with Crippen molar-refractivity contribution in [2.45, 2.75) is 19.5 Å². The van der Waals surface area contributed by atoms with E-state index in [0.717, 1.165) is 24.6 Å². The van der Waals surface area contributed by atoms with Crippen molar-refractivity contribution in [1.82, 2.24) is 5.32 Å². The van der Waals surface area contributed by atoms with Crippen molar-refractivity contribution in [2.24, 2.45) is 0 Å². The molecule has 0 aromatic heterocycles. The molecule has 0 fully saturated rings. The topological polar surface area (TPSA) is 12.0 Å². The maximum Gasteiger partial charge on any atom is 0.416 e. The molecule has 0 atom stereocenters. The standard InChI is InChI=1S/C13H16F3N/c1-10-9-12(13(14,15)16)7-6-11(10)5-3-4-8-17-2/h3,5-7,9,17H,4,8H2,1-2H3. The molecular formula is C13H16F3N. The zero-order valence-corrected chi connectivity index (χ0v) is 9.93. The average molecular weight is 243 g/mol. The van der Waals surface area contributed by atoms with E-state index < -0.39 is 11.7 Å². The van der Waals surface area contributed by atoms with Crippen molar-refractivity contribution >= 4 is 6.08 Å². The van der Waals surface area contributed by atoms with E-state index in [4.69, 9.17) is 0 Å². The third kappa shape index (κ3) is 4.23. The Morgan fingerprint density at radius 2 is 2.00 bits per heavy atom.